The molecular weight excluding hydrogens is 290 g/mol. The molecule has 23 heavy (non-hydrogen) atoms. The van der Waals surface area contributed by atoms with E-state index in [0.717, 1.165) is 16.5 Å². The highest BCUT2D eigenvalue weighted by atomic mass is 16.3. The maximum absolute atomic E-state index is 10.1. The molecule has 6 heteroatoms. The quantitative estimate of drug-likeness (QED) is 0.689. The second-order valence-corrected chi connectivity index (χ2v) is 7.20. The molecule has 0 aliphatic rings. The number of benzene rings is 1. The molecule has 0 unspecified atom stereocenters. The van der Waals surface area contributed by atoms with Crippen LogP contribution in [0.2, 0.25) is 0 Å². The number of hydrogen-bond acceptors (Lipinski definition) is 4. The molecule has 0 bridgehead atoms. The summed E-state index contributed by atoms with van der Waals surface area (Å²) >= 11 is 0. The third-order valence-electron chi connectivity index (χ3n) is 3.61. The van der Waals surface area contributed by atoms with Crippen LogP contribution in [0.25, 0.3) is 22.3 Å². The standard InChI is InChI=1S/C17H23N5O/c1-16(2,23)10-22-15(17(3,4)18)20-14(21-22)12-9-19-13-8-6-5-7-11(12)13/h5-9,19,23H,10,18H2,1-4H3. The summed E-state index contributed by atoms with van der Waals surface area (Å²) in [4.78, 5) is 7.89. The summed E-state index contributed by atoms with van der Waals surface area (Å²) in [5.74, 6) is 1.26. The van der Waals surface area contributed by atoms with E-state index in [4.69, 9.17) is 5.73 Å². The number of H-pyrrole nitrogens is 1. The molecule has 2 aromatic heterocycles. The summed E-state index contributed by atoms with van der Waals surface area (Å²) in [5, 5.41) is 15.8. The van der Waals surface area contributed by atoms with E-state index in [9.17, 15) is 5.11 Å². The van der Waals surface area contributed by atoms with Gasteiger partial charge in [0.05, 0.1) is 17.7 Å². The molecule has 2 heterocycles. The van der Waals surface area contributed by atoms with Gasteiger partial charge in [-0.1, -0.05) is 18.2 Å². The number of rotatable bonds is 4. The van der Waals surface area contributed by atoms with Gasteiger partial charge >= 0.3 is 0 Å². The van der Waals surface area contributed by atoms with Gasteiger partial charge in [-0.05, 0) is 33.8 Å². The van der Waals surface area contributed by atoms with Crippen molar-refractivity contribution >= 4 is 10.9 Å². The summed E-state index contributed by atoms with van der Waals surface area (Å²) in [6.07, 6.45) is 1.90. The number of aromatic nitrogens is 4. The van der Waals surface area contributed by atoms with Crippen molar-refractivity contribution in [2.45, 2.75) is 45.4 Å². The third kappa shape index (κ3) is 3.13. The Balaban J connectivity index is 2.14. The lowest BCUT2D eigenvalue weighted by molar-refractivity contribution is 0.0556. The Bertz CT molecular complexity index is 833. The lowest BCUT2D eigenvalue weighted by Crippen LogP contribution is -2.36. The van der Waals surface area contributed by atoms with Crippen LogP contribution in [-0.2, 0) is 12.1 Å². The number of aromatic amines is 1. The molecule has 0 fully saturated rings. The highest BCUT2D eigenvalue weighted by Gasteiger charge is 2.27. The van der Waals surface area contributed by atoms with Crippen LogP contribution >= 0.6 is 0 Å². The second-order valence-electron chi connectivity index (χ2n) is 7.20. The lowest BCUT2D eigenvalue weighted by atomic mass is 10.1. The van der Waals surface area contributed by atoms with Gasteiger partial charge in [-0.3, -0.25) is 0 Å². The van der Waals surface area contributed by atoms with E-state index < -0.39 is 11.1 Å². The summed E-state index contributed by atoms with van der Waals surface area (Å²) < 4.78 is 1.71. The van der Waals surface area contributed by atoms with Crippen LogP contribution < -0.4 is 5.73 Å². The summed E-state index contributed by atoms with van der Waals surface area (Å²) in [5.41, 5.74) is 6.66. The zero-order valence-electron chi connectivity index (χ0n) is 14.0. The fraction of sp³-hybridized carbons (Fsp3) is 0.412. The number of nitrogens with zero attached hydrogens (tertiary/aromatic N) is 3. The molecule has 6 nitrogen and oxygen atoms in total. The van der Waals surface area contributed by atoms with Crippen molar-refractivity contribution in [3.8, 4) is 11.4 Å². The Hall–Kier alpha value is -2.18. The minimum Gasteiger partial charge on any atom is -0.389 e. The SMILES string of the molecule is CC(C)(O)Cn1nc(-c2c[nH]c3ccccc23)nc1C(C)(C)N. The maximum atomic E-state index is 10.1. The number of fused-ring (bicyclic) bond motifs is 1. The Morgan fingerprint density at radius 1 is 1.22 bits per heavy atom. The molecule has 0 saturated carbocycles. The molecule has 3 rings (SSSR count). The normalized spacial score (nSPS) is 13.0. The van der Waals surface area contributed by atoms with Crippen molar-refractivity contribution in [1.82, 2.24) is 19.7 Å². The number of para-hydroxylation sites is 1. The summed E-state index contributed by atoms with van der Waals surface area (Å²) in [7, 11) is 0. The molecule has 0 spiro atoms. The summed E-state index contributed by atoms with van der Waals surface area (Å²) in [6.45, 7) is 7.59. The van der Waals surface area contributed by atoms with Crippen molar-refractivity contribution in [2.75, 3.05) is 0 Å². The van der Waals surface area contributed by atoms with Gasteiger partial charge in [0, 0.05) is 22.7 Å². The van der Waals surface area contributed by atoms with Gasteiger partial charge in [-0.2, -0.15) is 5.10 Å². The highest BCUT2D eigenvalue weighted by molar-refractivity contribution is 5.93. The fourth-order valence-corrected chi connectivity index (χ4v) is 2.67. The first-order chi connectivity index (χ1) is 10.6. The Kier molecular flexibility index (Phi) is 3.54. The van der Waals surface area contributed by atoms with Crippen molar-refractivity contribution in [3.05, 3.63) is 36.3 Å². The van der Waals surface area contributed by atoms with Gasteiger partial charge in [0.2, 0.25) is 0 Å². The number of nitrogens with two attached hydrogens (primary N) is 1. The number of hydrogen-bond donors (Lipinski definition) is 3. The van der Waals surface area contributed by atoms with Gasteiger partial charge in [0.25, 0.3) is 0 Å². The third-order valence-corrected chi connectivity index (χ3v) is 3.61. The van der Waals surface area contributed by atoms with E-state index >= 15 is 0 Å². The molecule has 0 saturated heterocycles. The van der Waals surface area contributed by atoms with Gasteiger partial charge < -0.3 is 15.8 Å². The van der Waals surface area contributed by atoms with E-state index in [0.29, 0.717) is 18.2 Å². The average molecular weight is 313 g/mol. The lowest BCUT2D eigenvalue weighted by Gasteiger charge is -2.22. The Morgan fingerprint density at radius 2 is 1.91 bits per heavy atom. The van der Waals surface area contributed by atoms with Crippen molar-refractivity contribution in [1.29, 1.82) is 0 Å². The molecule has 1 aromatic carbocycles. The van der Waals surface area contributed by atoms with Crippen LogP contribution in [0, 0.1) is 0 Å². The Morgan fingerprint density at radius 3 is 2.57 bits per heavy atom. The summed E-state index contributed by atoms with van der Waals surface area (Å²) in [6, 6.07) is 8.02. The zero-order valence-corrected chi connectivity index (χ0v) is 14.0. The van der Waals surface area contributed by atoms with E-state index in [1.165, 1.54) is 0 Å². The smallest absolute Gasteiger partial charge is 0.183 e. The minimum atomic E-state index is -0.898. The van der Waals surface area contributed by atoms with Crippen LogP contribution in [0.15, 0.2) is 30.5 Å². The first-order valence-corrected chi connectivity index (χ1v) is 7.68. The molecule has 0 atom stereocenters. The monoisotopic (exact) mass is 313 g/mol. The fourth-order valence-electron chi connectivity index (χ4n) is 2.67. The molecule has 122 valence electrons. The first-order valence-electron chi connectivity index (χ1n) is 7.68. The van der Waals surface area contributed by atoms with Crippen LogP contribution in [-0.4, -0.2) is 30.5 Å². The molecular formula is C17H23N5O. The molecule has 0 radical (unpaired) electrons. The molecule has 0 amide bonds. The minimum absolute atomic E-state index is 0.332. The van der Waals surface area contributed by atoms with E-state index in [-0.39, 0.29) is 0 Å². The number of aliphatic hydroxyl groups is 1. The van der Waals surface area contributed by atoms with Crippen molar-refractivity contribution in [3.63, 3.8) is 0 Å². The largest absolute Gasteiger partial charge is 0.389 e. The molecule has 0 aliphatic carbocycles. The van der Waals surface area contributed by atoms with Gasteiger partial charge in [-0.15, -0.1) is 0 Å². The Labute approximate surface area is 135 Å². The number of nitrogens with one attached hydrogen (secondary N) is 1. The van der Waals surface area contributed by atoms with Crippen molar-refractivity contribution in [2.24, 2.45) is 5.73 Å². The molecule has 0 aliphatic heterocycles. The van der Waals surface area contributed by atoms with Gasteiger partial charge in [0.15, 0.2) is 5.82 Å². The van der Waals surface area contributed by atoms with E-state index in [1.807, 2.05) is 44.3 Å². The van der Waals surface area contributed by atoms with Gasteiger partial charge in [-0.25, -0.2) is 9.67 Å². The van der Waals surface area contributed by atoms with Crippen LogP contribution in [0.3, 0.4) is 0 Å². The molecule has 4 N–H and O–H groups in total. The van der Waals surface area contributed by atoms with Crippen molar-refractivity contribution < 1.29 is 5.11 Å². The average Bonchev–Trinajstić information content (AvgIpc) is 2.99. The predicted molar refractivity (Wildman–Crippen MR) is 90.8 cm³/mol. The van der Waals surface area contributed by atoms with Crippen LogP contribution in [0.4, 0.5) is 0 Å². The topological polar surface area (TPSA) is 92.7 Å². The molecule has 3 aromatic rings. The van der Waals surface area contributed by atoms with Gasteiger partial charge in [0.1, 0.15) is 5.82 Å². The maximum Gasteiger partial charge on any atom is 0.183 e. The van der Waals surface area contributed by atoms with E-state index in [2.05, 4.69) is 15.1 Å². The zero-order chi connectivity index (χ0) is 16.8. The highest BCUT2D eigenvalue weighted by Crippen LogP contribution is 2.28. The second kappa shape index (κ2) is 5.18. The van der Waals surface area contributed by atoms with E-state index in [1.54, 1.807) is 18.5 Å². The van der Waals surface area contributed by atoms with Crippen LogP contribution in [0.1, 0.15) is 33.5 Å². The van der Waals surface area contributed by atoms with Crippen LogP contribution in [0.5, 0.6) is 0 Å². The first kappa shape index (κ1) is 15.7. The predicted octanol–water partition coefficient (Wildman–Crippen LogP) is 2.39.